The van der Waals surface area contributed by atoms with Crippen molar-refractivity contribution in [3.05, 3.63) is 40.6 Å². The van der Waals surface area contributed by atoms with Crippen molar-refractivity contribution < 1.29 is 0 Å². The van der Waals surface area contributed by atoms with E-state index in [-0.39, 0.29) is 5.54 Å². The van der Waals surface area contributed by atoms with E-state index in [1.54, 1.807) is 4.52 Å². The predicted octanol–water partition coefficient (Wildman–Crippen LogP) is 3.03. The van der Waals surface area contributed by atoms with Crippen LogP contribution in [0.1, 0.15) is 36.7 Å². The van der Waals surface area contributed by atoms with Gasteiger partial charge in [-0.15, -0.1) is 0 Å². The van der Waals surface area contributed by atoms with Crippen LogP contribution in [0.15, 0.2) is 12.3 Å². The molecular formula is C22H31N9S. The van der Waals surface area contributed by atoms with E-state index in [1.807, 2.05) is 18.7 Å². The van der Waals surface area contributed by atoms with Gasteiger partial charge in [0, 0.05) is 43.6 Å². The van der Waals surface area contributed by atoms with Crippen molar-refractivity contribution in [2.45, 2.75) is 45.1 Å². The van der Waals surface area contributed by atoms with Gasteiger partial charge >= 0.3 is 0 Å². The SMILES string of the molecule is [C-]#[N+]c1c(NCCc2ccn(C3(CNCCSC)CC3)n2)nc2c(CC)c(C)nn2c1N. The van der Waals surface area contributed by atoms with Crippen molar-refractivity contribution >= 4 is 34.7 Å². The molecule has 4 N–H and O–H groups in total. The first-order chi connectivity index (χ1) is 15.5. The molecule has 0 radical (unpaired) electrons. The topological polar surface area (TPSA) is 102 Å². The third kappa shape index (κ3) is 4.27. The van der Waals surface area contributed by atoms with E-state index >= 15 is 0 Å². The maximum Gasteiger partial charge on any atom is 0.268 e. The summed E-state index contributed by atoms with van der Waals surface area (Å²) in [6.45, 7) is 14.2. The van der Waals surface area contributed by atoms with Gasteiger partial charge in [0.2, 0.25) is 0 Å². The number of nitrogens with zero attached hydrogens (tertiary/aromatic N) is 6. The van der Waals surface area contributed by atoms with Crippen LogP contribution in [0.5, 0.6) is 0 Å². The molecule has 10 heteroatoms. The average molecular weight is 454 g/mol. The lowest BCUT2D eigenvalue weighted by atomic mass is 10.2. The van der Waals surface area contributed by atoms with Crippen LogP contribution in [0.2, 0.25) is 0 Å². The first-order valence-electron chi connectivity index (χ1n) is 11.1. The number of aromatic nitrogens is 5. The number of hydrogen-bond donors (Lipinski definition) is 3. The smallest absolute Gasteiger partial charge is 0.268 e. The molecule has 32 heavy (non-hydrogen) atoms. The van der Waals surface area contributed by atoms with E-state index < -0.39 is 0 Å². The second-order valence-corrected chi connectivity index (χ2v) is 9.27. The summed E-state index contributed by atoms with van der Waals surface area (Å²) >= 11 is 1.86. The minimum atomic E-state index is 0.138. The van der Waals surface area contributed by atoms with Crippen molar-refractivity contribution in [1.82, 2.24) is 29.7 Å². The molecule has 0 saturated heterocycles. The Morgan fingerprint density at radius 2 is 2.12 bits per heavy atom. The van der Waals surface area contributed by atoms with Gasteiger partial charge in [-0.1, -0.05) is 6.92 Å². The molecule has 0 unspecified atom stereocenters. The van der Waals surface area contributed by atoms with E-state index in [1.165, 1.54) is 12.8 Å². The molecule has 4 rings (SSSR count). The fourth-order valence-electron chi connectivity index (χ4n) is 4.05. The first kappa shape index (κ1) is 22.4. The van der Waals surface area contributed by atoms with Gasteiger partial charge in [-0.05, 0) is 38.5 Å². The minimum absolute atomic E-state index is 0.138. The summed E-state index contributed by atoms with van der Waals surface area (Å²) < 4.78 is 3.71. The van der Waals surface area contributed by atoms with E-state index in [2.05, 4.69) is 50.7 Å². The third-order valence-corrected chi connectivity index (χ3v) is 6.72. The molecule has 3 aromatic heterocycles. The molecule has 1 aliphatic rings. The van der Waals surface area contributed by atoms with Gasteiger partial charge in [-0.2, -0.15) is 22.0 Å². The van der Waals surface area contributed by atoms with Gasteiger partial charge < -0.3 is 16.4 Å². The summed E-state index contributed by atoms with van der Waals surface area (Å²) in [5.41, 5.74) is 10.4. The molecule has 0 amide bonds. The van der Waals surface area contributed by atoms with Crippen LogP contribution in [0.25, 0.3) is 10.5 Å². The lowest BCUT2D eigenvalue weighted by molar-refractivity contribution is 0.404. The Balaban J connectivity index is 1.43. The average Bonchev–Trinajstić information content (AvgIpc) is 3.28. The summed E-state index contributed by atoms with van der Waals surface area (Å²) in [7, 11) is 0. The van der Waals surface area contributed by atoms with Crippen molar-refractivity contribution in [3.8, 4) is 0 Å². The lowest BCUT2D eigenvalue weighted by Gasteiger charge is -2.16. The molecule has 3 aromatic rings. The van der Waals surface area contributed by atoms with Crippen LogP contribution in [-0.4, -0.2) is 56.0 Å². The van der Waals surface area contributed by atoms with E-state index in [9.17, 15) is 0 Å². The molecule has 1 fully saturated rings. The Kier molecular flexibility index (Phi) is 6.58. The highest BCUT2D eigenvalue weighted by molar-refractivity contribution is 7.98. The van der Waals surface area contributed by atoms with Crippen LogP contribution in [-0.2, 0) is 18.4 Å². The standard InChI is InChI=1S/C22H31N9S/c1-5-17-15(2)28-31-19(23)18(24-3)20(27-21(17)31)26-10-6-16-7-12-30(29-16)22(8-9-22)14-25-11-13-32-4/h7,12,25H,5-6,8-11,13-14,23H2,1-2,4H3,(H,26,27). The highest BCUT2D eigenvalue weighted by atomic mass is 32.2. The van der Waals surface area contributed by atoms with E-state index in [4.69, 9.17) is 22.4 Å². The number of thioether (sulfide) groups is 1. The van der Waals surface area contributed by atoms with Crippen molar-refractivity contribution in [3.63, 3.8) is 0 Å². The van der Waals surface area contributed by atoms with Crippen LogP contribution in [0.3, 0.4) is 0 Å². The first-order valence-corrected chi connectivity index (χ1v) is 12.5. The zero-order chi connectivity index (χ0) is 22.7. The lowest BCUT2D eigenvalue weighted by Crippen LogP contribution is -2.33. The Bertz CT molecular complexity index is 1140. The summed E-state index contributed by atoms with van der Waals surface area (Å²) in [4.78, 5) is 8.30. The molecule has 170 valence electrons. The van der Waals surface area contributed by atoms with Gasteiger partial charge in [0.25, 0.3) is 5.69 Å². The molecular weight excluding hydrogens is 422 g/mol. The Hall–Kier alpha value is -2.77. The van der Waals surface area contributed by atoms with Gasteiger partial charge in [0.15, 0.2) is 5.65 Å². The number of nitrogens with two attached hydrogens (primary N) is 1. The number of nitrogen functional groups attached to an aromatic ring is 1. The maximum absolute atomic E-state index is 7.57. The minimum Gasteiger partial charge on any atom is -0.392 e. The van der Waals surface area contributed by atoms with Crippen LogP contribution >= 0.6 is 11.8 Å². The van der Waals surface area contributed by atoms with Crippen LogP contribution in [0, 0.1) is 13.5 Å². The zero-order valence-electron chi connectivity index (χ0n) is 19.0. The second kappa shape index (κ2) is 9.38. The Morgan fingerprint density at radius 3 is 2.81 bits per heavy atom. The predicted molar refractivity (Wildman–Crippen MR) is 131 cm³/mol. The Morgan fingerprint density at radius 1 is 1.31 bits per heavy atom. The fourth-order valence-corrected chi connectivity index (χ4v) is 4.40. The highest BCUT2D eigenvalue weighted by Crippen LogP contribution is 2.42. The summed E-state index contributed by atoms with van der Waals surface area (Å²) in [5, 5.41) is 16.2. The fraction of sp³-hybridized carbons (Fsp3) is 0.545. The van der Waals surface area contributed by atoms with Crippen LogP contribution < -0.4 is 16.4 Å². The van der Waals surface area contributed by atoms with Gasteiger partial charge in [-0.3, -0.25) is 4.68 Å². The normalized spacial score (nSPS) is 14.6. The molecule has 1 aliphatic carbocycles. The maximum atomic E-state index is 7.57. The number of rotatable bonds is 11. The second-order valence-electron chi connectivity index (χ2n) is 8.28. The van der Waals surface area contributed by atoms with Crippen LogP contribution in [0.4, 0.5) is 17.3 Å². The quantitative estimate of drug-likeness (QED) is 0.303. The van der Waals surface area contributed by atoms with Gasteiger partial charge in [0.1, 0.15) is 11.6 Å². The molecule has 0 spiro atoms. The van der Waals surface area contributed by atoms with Crippen molar-refractivity contribution in [2.75, 3.05) is 42.7 Å². The largest absolute Gasteiger partial charge is 0.392 e. The zero-order valence-corrected chi connectivity index (χ0v) is 19.8. The number of fused-ring (bicyclic) bond motifs is 1. The molecule has 0 aliphatic heterocycles. The molecule has 0 bridgehead atoms. The monoisotopic (exact) mass is 453 g/mol. The molecule has 1 saturated carbocycles. The highest BCUT2D eigenvalue weighted by Gasteiger charge is 2.44. The van der Waals surface area contributed by atoms with Crippen molar-refractivity contribution in [2.24, 2.45) is 0 Å². The summed E-state index contributed by atoms with van der Waals surface area (Å²) in [5.74, 6) is 1.96. The van der Waals surface area contributed by atoms with Gasteiger partial charge in [0.05, 0.1) is 23.5 Å². The van der Waals surface area contributed by atoms with E-state index in [0.717, 1.165) is 48.6 Å². The third-order valence-electron chi connectivity index (χ3n) is 6.10. The molecule has 3 heterocycles. The summed E-state index contributed by atoms with van der Waals surface area (Å²) in [6, 6.07) is 2.08. The molecule has 0 aromatic carbocycles. The number of nitrogens with one attached hydrogen (secondary N) is 2. The summed E-state index contributed by atoms with van der Waals surface area (Å²) in [6.07, 6.45) is 8.11. The number of aryl methyl sites for hydroxylation is 2. The Labute approximate surface area is 193 Å². The van der Waals surface area contributed by atoms with Crippen molar-refractivity contribution in [1.29, 1.82) is 0 Å². The molecule has 0 atom stereocenters. The number of hydrogen-bond acceptors (Lipinski definition) is 7. The van der Waals surface area contributed by atoms with E-state index in [0.29, 0.717) is 29.5 Å². The molecule has 9 nitrogen and oxygen atoms in total. The van der Waals surface area contributed by atoms with Gasteiger partial charge in [-0.25, -0.2) is 14.3 Å². The number of anilines is 2.